The van der Waals surface area contributed by atoms with Crippen LogP contribution in [0, 0.1) is 0 Å². The monoisotopic (exact) mass is 235 g/mol. The molecule has 4 heteroatoms. The highest BCUT2D eigenvalue weighted by atomic mass is 32.1. The van der Waals surface area contributed by atoms with Crippen molar-refractivity contribution in [2.45, 2.75) is 6.42 Å². The molecule has 0 aliphatic rings. The van der Waals surface area contributed by atoms with Crippen LogP contribution in [-0.4, -0.2) is 19.2 Å². The van der Waals surface area contributed by atoms with Gasteiger partial charge in [0, 0.05) is 18.0 Å². The van der Waals surface area contributed by atoms with Crippen LogP contribution in [0.4, 0.5) is 0 Å². The largest absolute Gasteiger partial charge is 0.493 e. The molecule has 0 aliphatic heterocycles. The van der Waals surface area contributed by atoms with E-state index in [2.05, 4.69) is 4.98 Å². The van der Waals surface area contributed by atoms with Crippen molar-refractivity contribution in [1.29, 1.82) is 0 Å². The van der Waals surface area contributed by atoms with E-state index in [9.17, 15) is 0 Å². The summed E-state index contributed by atoms with van der Waals surface area (Å²) in [5, 5.41) is 3.09. The fourth-order valence-corrected chi connectivity index (χ4v) is 2.16. The van der Waals surface area contributed by atoms with Crippen LogP contribution in [0.25, 0.3) is 0 Å². The highest BCUT2D eigenvalue weighted by Crippen LogP contribution is 2.28. The molecule has 0 bridgehead atoms. The Morgan fingerprint density at radius 2 is 2.00 bits per heavy atom. The van der Waals surface area contributed by atoms with E-state index in [1.807, 2.05) is 29.8 Å². The molecule has 0 N–H and O–H groups in total. The Balaban J connectivity index is 2.22. The van der Waals surface area contributed by atoms with Crippen molar-refractivity contribution >= 4 is 11.3 Å². The van der Waals surface area contributed by atoms with Gasteiger partial charge >= 0.3 is 0 Å². The molecule has 0 radical (unpaired) electrons. The van der Waals surface area contributed by atoms with Gasteiger partial charge < -0.3 is 9.47 Å². The standard InChI is InChI=1S/C12H13NO2S/c1-14-10-4-3-9(7-11(10)15-2)8-12-13-5-6-16-12/h3-7H,8H2,1-2H3. The first-order valence-electron chi connectivity index (χ1n) is 4.92. The molecule has 1 heterocycles. The second-order valence-corrected chi connectivity index (χ2v) is 4.27. The van der Waals surface area contributed by atoms with Gasteiger partial charge in [0.15, 0.2) is 11.5 Å². The van der Waals surface area contributed by atoms with Crippen molar-refractivity contribution < 1.29 is 9.47 Å². The van der Waals surface area contributed by atoms with E-state index in [4.69, 9.17) is 9.47 Å². The second kappa shape index (κ2) is 4.99. The van der Waals surface area contributed by atoms with Crippen LogP contribution < -0.4 is 9.47 Å². The Kier molecular flexibility index (Phi) is 3.41. The van der Waals surface area contributed by atoms with Crippen LogP contribution in [0.2, 0.25) is 0 Å². The molecule has 0 saturated heterocycles. The minimum absolute atomic E-state index is 0.755. The van der Waals surface area contributed by atoms with Gasteiger partial charge in [-0.1, -0.05) is 6.07 Å². The third-order valence-corrected chi connectivity index (χ3v) is 3.07. The second-order valence-electron chi connectivity index (χ2n) is 3.29. The Labute approximate surface area is 98.7 Å². The maximum absolute atomic E-state index is 5.25. The topological polar surface area (TPSA) is 31.4 Å². The predicted octanol–water partition coefficient (Wildman–Crippen LogP) is 2.75. The van der Waals surface area contributed by atoms with Crippen molar-refractivity contribution in [1.82, 2.24) is 4.98 Å². The summed E-state index contributed by atoms with van der Waals surface area (Å²) in [6, 6.07) is 5.94. The Hall–Kier alpha value is -1.55. The van der Waals surface area contributed by atoms with E-state index >= 15 is 0 Å². The van der Waals surface area contributed by atoms with Gasteiger partial charge in [0.25, 0.3) is 0 Å². The zero-order valence-electron chi connectivity index (χ0n) is 9.27. The average molecular weight is 235 g/mol. The molecule has 0 atom stereocenters. The smallest absolute Gasteiger partial charge is 0.160 e. The Morgan fingerprint density at radius 3 is 2.62 bits per heavy atom. The molecule has 0 spiro atoms. The SMILES string of the molecule is COc1ccc(Cc2nccs2)cc1OC. The lowest BCUT2D eigenvalue weighted by Crippen LogP contribution is -1.93. The van der Waals surface area contributed by atoms with Crippen LogP contribution in [0.1, 0.15) is 10.6 Å². The number of nitrogens with zero attached hydrogens (tertiary/aromatic N) is 1. The number of thiazole rings is 1. The van der Waals surface area contributed by atoms with Gasteiger partial charge in [-0.2, -0.15) is 0 Å². The van der Waals surface area contributed by atoms with Crippen LogP contribution in [0.15, 0.2) is 29.8 Å². The summed E-state index contributed by atoms with van der Waals surface area (Å²) in [5.41, 5.74) is 1.17. The van der Waals surface area contributed by atoms with Gasteiger partial charge in [-0.15, -0.1) is 11.3 Å². The van der Waals surface area contributed by atoms with Gasteiger partial charge in [-0.3, -0.25) is 0 Å². The minimum Gasteiger partial charge on any atom is -0.493 e. The zero-order chi connectivity index (χ0) is 11.4. The van der Waals surface area contributed by atoms with E-state index in [1.54, 1.807) is 25.6 Å². The minimum atomic E-state index is 0.755. The predicted molar refractivity (Wildman–Crippen MR) is 64.5 cm³/mol. The highest BCUT2D eigenvalue weighted by Gasteiger charge is 2.05. The molecule has 0 saturated carbocycles. The molecule has 84 valence electrons. The summed E-state index contributed by atoms with van der Waals surface area (Å²) in [4.78, 5) is 4.26. The summed E-state index contributed by atoms with van der Waals surface area (Å²) in [5.74, 6) is 1.52. The van der Waals surface area contributed by atoms with Crippen molar-refractivity contribution in [2.75, 3.05) is 14.2 Å². The fraction of sp³-hybridized carbons (Fsp3) is 0.250. The first-order valence-corrected chi connectivity index (χ1v) is 5.80. The summed E-state index contributed by atoms with van der Waals surface area (Å²) >= 11 is 1.66. The van der Waals surface area contributed by atoms with Gasteiger partial charge in [-0.05, 0) is 17.7 Å². The number of hydrogen-bond donors (Lipinski definition) is 0. The van der Waals surface area contributed by atoms with Gasteiger partial charge in [0.2, 0.25) is 0 Å². The van der Waals surface area contributed by atoms with Gasteiger partial charge in [-0.25, -0.2) is 4.98 Å². The first kappa shape index (κ1) is 11.0. The first-order chi connectivity index (χ1) is 7.83. The normalized spacial score (nSPS) is 10.1. The lowest BCUT2D eigenvalue weighted by atomic mass is 10.1. The van der Waals surface area contributed by atoms with E-state index in [-0.39, 0.29) is 0 Å². The van der Waals surface area contributed by atoms with Crippen molar-refractivity contribution in [3.05, 3.63) is 40.3 Å². The number of aromatic nitrogens is 1. The molecule has 1 aromatic carbocycles. The molecule has 16 heavy (non-hydrogen) atoms. The quantitative estimate of drug-likeness (QED) is 0.816. The summed E-state index contributed by atoms with van der Waals surface area (Å²) in [6.45, 7) is 0. The number of benzene rings is 1. The molecule has 0 unspecified atom stereocenters. The van der Waals surface area contributed by atoms with Crippen LogP contribution in [0.3, 0.4) is 0 Å². The molecular weight excluding hydrogens is 222 g/mol. The average Bonchev–Trinajstić information content (AvgIpc) is 2.81. The number of rotatable bonds is 4. The summed E-state index contributed by atoms with van der Waals surface area (Å²) in [7, 11) is 3.28. The molecular formula is C12H13NO2S. The Bertz CT molecular complexity index is 454. The van der Waals surface area contributed by atoms with E-state index in [0.29, 0.717) is 0 Å². The maximum Gasteiger partial charge on any atom is 0.160 e. The molecule has 1 aromatic heterocycles. The van der Waals surface area contributed by atoms with Crippen LogP contribution in [-0.2, 0) is 6.42 Å². The summed E-state index contributed by atoms with van der Waals surface area (Å²) in [6.07, 6.45) is 2.65. The number of ether oxygens (including phenoxy) is 2. The van der Waals surface area contributed by atoms with E-state index in [0.717, 1.165) is 22.9 Å². The van der Waals surface area contributed by atoms with Crippen LogP contribution in [0.5, 0.6) is 11.5 Å². The molecule has 2 aromatic rings. The van der Waals surface area contributed by atoms with Crippen molar-refractivity contribution in [2.24, 2.45) is 0 Å². The lowest BCUT2D eigenvalue weighted by Gasteiger charge is -2.08. The van der Waals surface area contributed by atoms with E-state index in [1.165, 1.54) is 5.56 Å². The van der Waals surface area contributed by atoms with Crippen molar-refractivity contribution in [3.8, 4) is 11.5 Å². The molecule has 0 aliphatic carbocycles. The van der Waals surface area contributed by atoms with Gasteiger partial charge in [0.1, 0.15) is 0 Å². The molecule has 2 rings (SSSR count). The van der Waals surface area contributed by atoms with Gasteiger partial charge in [0.05, 0.1) is 19.2 Å². The third-order valence-electron chi connectivity index (χ3n) is 2.29. The summed E-state index contributed by atoms with van der Waals surface area (Å²) < 4.78 is 10.4. The Morgan fingerprint density at radius 1 is 1.19 bits per heavy atom. The number of methoxy groups -OCH3 is 2. The van der Waals surface area contributed by atoms with Crippen molar-refractivity contribution in [3.63, 3.8) is 0 Å². The third kappa shape index (κ3) is 2.33. The lowest BCUT2D eigenvalue weighted by molar-refractivity contribution is 0.354. The maximum atomic E-state index is 5.25. The zero-order valence-corrected chi connectivity index (χ0v) is 10.1. The molecule has 3 nitrogen and oxygen atoms in total. The number of hydrogen-bond acceptors (Lipinski definition) is 4. The van der Waals surface area contributed by atoms with Crippen LogP contribution >= 0.6 is 11.3 Å². The molecule has 0 fully saturated rings. The fourth-order valence-electron chi connectivity index (χ4n) is 1.51. The van der Waals surface area contributed by atoms with E-state index < -0.39 is 0 Å². The highest BCUT2D eigenvalue weighted by molar-refractivity contribution is 7.09. The molecule has 0 amide bonds.